The van der Waals surface area contributed by atoms with Crippen LogP contribution in [0.15, 0.2) is 23.0 Å². The maximum atomic E-state index is 9.77. The monoisotopic (exact) mass is 208 g/mol. The first-order valence-electron chi connectivity index (χ1n) is 5.79. The number of allylic oxidation sites excluding steroid dienone is 3. The molecule has 1 rings (SSSR count). The molecule has 0 saturated heterocycles. The van der Waals surface area contributed by atoms with Gasteiger partial charge in [-0.2, -0.15) is 0 Å². The van der Waals surface area contributed by atoms with Crippen LogP contribution in [0.1, 0.15) is 40.5 Å². The number of aliphatic hydroxyl groups excluding tert-OH is 1. The van der Waals surface area contributed by atoms with E-state index in [4.69, 9.17) is 0 Å². The van der Waals surface area contributed by atoms with E-state index in [1.807, 2.05) is 6.92 Å². The van der Waals surface area contributed by atoms with Crippen LogP contribution in [-0.2, 0) is 0 Å². The Morgan fingerprint density at radius 3 is 2.53 bits per heavy atom. The normalized spacial score (nSPS) is 20.4. The average molecular weight is 208 g/mol. The quantitative estimate of drug-likeness (QED) is 0.708. The molecule has 1 aliphatic rings. The summed E-state index contributed by atoms with van der Waals surface area (Å²) in [5.74, 6) is 0.519. The molecule has 0 aromatic rings. The minimum atomic E-state index is 0.519. The van der Waals surface area contributed by atoms with Crippen LogP contribution in [0.3, 0.4) is 0 Å². The van der Waals surface area contributed by atoms with E-state index in [1.54, 1.807) is 0 Å². The second-order valence-electron chi connectivity index (χ2n) is 4.09. The van der Waals surface area contributed by atoms with E-state index < -0.39 is 0 Å². The Balaban J connectivity index is 3.17. The van der Waals surface area contributed by atoms with Crippen molar-refractivity contribution in [2.45, 2.75) is 40.5 Å². The van der Waals surface area contributed by atoms with E-state index >= 15 is 0 Å². The molecule has 1 N–H and O–H groups in total. The maximum absolute atomic E-state index is 9.77. The highest BCUT2D eigenvalue weighted by Crippen LogP contribution is 2.20. The largest absolute Gasteiger partial charge is 0.511 e. The van der Waals surface area contributed by atoms with Crippen molar-refractivity contribution in [3.05, 3.63) is 23.0 Å². The molecule has 0 heterocycles. The SMILES string of the molecule is CCC[N+](CC)=C1C(C)=CCC(O)=C1C. The van der Waals surface area contributed by atoms with Gasteiger partial charge < -0.3 is 5.11 Å². The van der Waals surface area contributed by atoms with Gasteiger partial charge in [0.1, 0.15) is 18.8 Å². The van der Waals surface area contributed by atoms with Crippen molar-refractivity contribution in [3.63, 3.8) is 0 Å². The van der Waals surface area contributed by atoms with E-state index in [0.717, 1.165) is 25.1 Å². The molecule has 0 spiro atoms. The molecule has 0 atom stereocenters. The molecule has 0 aromatic heterocycles. The molecule has 84 valence electrons. The Morgan fingerprint density at radius 1 is 1.33 bits per heavy atom. The maximum Gasteiger partial charge on any atom is 0.208 e. The molecule has 0 aromatic carbocycles. The summed E-state index contributed by atoms with van der Waals surface area (Å²) in [6.45, 7) is 10.5. The van der Waals surface area contributed by atoms with Crippen LogP contribution in [0.2, 0.25) is 0 Å². The highest BCUT2D eigenvalue weighted by molar-refractivity contribution is 6.09. The van der Waals surface area contributed by atoms with Crippen molar-refractivity contribution in [2.75, 3.05) is 13.1 Å². The second kappa shape index (κ2) is 5.15. The molecule has 0 bridgehead atoms. The van der Waals surface area contributed by atoms with Gasteiger partial charge in [-0.15, -0.1) is 0 Å². The first-order valence-corrected chi connectivity index (χ1v) is 5.79. The molecule has 2 heteroatoms. The highest BCUT2D eigenvalue weighted by atomic mass is 16.3. The lowest BCUT2D eigenvalue weighted by atomic mass is 9.96. The standard InChI is InChI=1S/C13H21NO/c1-5-9-14(6-2)13-10(3)7-8-12(15)11(13)4/h7H,5-6,8-9H2,1-4H3/p+1. The van der Waals surface area contributed by atoms with Crippen LogP contribution >= 0.6 is 0 Å². The van der Waals surface area contributed by atoms with Gasteiger partial charge in [0, 0.05) is 18.4 Å². The zero-order valence-corrected chi connectivity index (χ0v) is 10.3. The summed E-state index contributed by atoms with van der Waals surface area (Å²) >= 11 is 0. The van der Waals surface area contributed by atoms with Gasteiger partial charge in [0.05, 0.1) is 5.57 Å². The summed E-state index contributed by atoms with van der Waals surface area (Å²) in [6, 6.07) is 0. The molecular weight excluding hydrogens is 186 g/mol. The fraction of sp³-hybridized carbons (Fsp3) is 0.615. The van der Waals surface area contributed by atoms with E-state index in [0.29, 0.717) is 12.2 Å². The third-order valence-electron chi connectivity index (χ3n) is 2.95. The third-order valence-corrected chi connectivity index (χ3v) is 2.95. The Bertz CT molecular complexity index is 334. The minimum absolute atomic E-state index is 0.519. The van der Waals surface area contributed by atoms with Crippen molar-refractivity contribution in [1.29, 1.82) is 0 Å². The predicted molar refractivity (Wildman–Crippen MR) is 64.7 cm³/mol. The van der Waals surface area contributed by atoms with Crippen LogP contribution < -0.4 is 0 Å². The minimum Gasteiger partial charge on any atom is -0.511 e. The van der Waals surface area contributed by atoms with Gasteiger partial charge in [0.25, 0.3) is 0 Å². The van der Waals surface area contributed by atoms with Gasteiger partial charge in [-0.1, -0.05) is 13.0 Å². The fourth-order valence-corrected chi connectivity index (χ4v) is 2.12. The van der Waals surface area contributed by atoms with Gasteiger partial charge in [-0.3, -0.25) is 0 Å². The zero-order chi connectivity index (χ0) is 11.4. The molecule has 0 radical (unpaired) electrons. The van der Waals surface area contributed by atoms with Crippen LogP contribution in [0, 0.1) is 0 Å². The average Bonchev–Trinajstić information content (AvgIpc) is 2.22. The van der Waals surface area contributed by atoms with Gasteiger partial charge in [-0.05, 0) is 20.8 Å². The van der Waals surface area contributed by atoms with Gasteiger partial charge >= 0.3 is 0 Å². The Morgan fingerprint density at radius 2 is 2.00 bits per heavy atom. The Hall–Kier alpha value is -1.05. The van der Waals surface area contributed by atoms with Crippen molar-refractivity contribution in [2.24, 2.45) is 0 Å². The molecule has 0 aliphatic heterocycles. The van der Waals surface area contributed by atoms with E-state index in [9.17, 15) is 5.11 Å². The summed E-state index contributed by atoms with van der Waals surface area (Å²) < 4.78 is 2.34. The molecule has 0 saturated carbocycles. The number of hydrogen-bond donors (Lipinski definition) is 1. The molecule has 0 unspecified atom stereocenters. The summed E-state index contributed by atoms with van der Waals surface area (Å²) in [5, 5.41) is 9.77. The molecule has 2 nitrogen and oxygen atoms in total. The van der Waals surface area contributed by atoms with Crippen molar-refractivity contribution in [1.82, 2.24) is 0 Å². The molecule has 1 aliphatic carbocycles. The third kappa shape index (κ3) is 2.49. The van der Waals surface area contributed by atoms with Crippen molar-refractivity contribution >= 4 is 5.71 Å². The topological polar surface area (TPSA) is 23.2 Å². The summed E-state index contributed by atoms with van der Waals surface area (Å²) in [5.41, 5.74) is 3.56. The first kappa shape index (κ1) is 12.0. The Labute approximate surface area is 92.6 Å². The lowest BCUT2D eigenvalue weighted by Gasteiger charge is -2.15. The number of rotatable bonds is 3. The van der Waals surface area contributed by atoms with E-state index in [1.165, 1.54) is 11.3 Å². The number of hydrogen-bond acceptors (Lipinski definition) is 1. The number of nitrogens with zero attached hydrogens (tertiary/aromatic N) is 1. The van der Waals surface area contributed by atoms with E-state index in [-0.39, 0.29) is 0 Å². The number of aliphatic hydroxyl groups is 1. The molecule has 15 heavy (non-hydrogen) atoms. The molecule has 0 amide bonds. The lowest BCUT2D eigenvalue weighted by Crippen LogP contribution is -2.26. The molecular formula is C13H22NO+. The summed E-state index contributed by atoms with van der Waals surface area (Å²) in [6.07, 6.45) is 3.93. The van der Waals surface area contributed by atoms with Gasteiger partial charge in [0.15, 0.2) is 0 Å². The summed E-state index contributed by atoms with van der Waals surface area (Å²) in [4.78, 5) is 0. The van der Waals surface area contributed by atoms with Crippen molar-refractivity contribution in [3.8, 4) is 0 Å². The second-order valence-corrected chi connectivity index (χ2v) is 4.09. The summed E-state index contributed by atoms with van der Waals surface area (Å²) in [7, 11) is 0. The van der Waals surface area contributed by atoms with Crippen LogP contribution in [0.4, 0.5) is 0 Å². The van der Waals surface area contributed by atoms with Crippen LogP contribution in [-0.4, -0.2) is 28.5 Å². The predicted octanol–water partition coefficient (Wildman–Crippen LogP) is 3.05. The highest BCUT2D eigenvalue weighted by Gasteiger charge is 2.23. The first-order chi connectivity index (χ1) is 7.11. The van der Waals surface area contributed by atoms with Crippen LogP contribution in [0.25, 0.3) is 0 Å². The van der Waals surface area contributed by atoms with Gasteiger partial charge in [-0.25, -0.2) is 4.58 Å². The smallest absolute Gasteiger partial charge is 0.208 e. The zero-order valence-electron chi connectivity index (χ0n) is 10.3. The molecule has 0 fully saturated rings. The van der Waals surface area contributed by atoms with Crippen LogP contribution in [0.5, 0.6) is 0 Å². The van der Waals surface area contributed by atoms with E-state index in [2.05, 4.69) is 31.4 Å². The lowest BCUT2D eigenvalue weighted by molar-refractivity contribution is -0.523. The van der Waals surface area contributed by atoms with Crippen molar-refractivity contribution < 1.29 is 9.68 Å². The fourth-order valence-electron chi connectivity index (χ4n) is 2.12. The Kier molecular flexibility index (Phi) is 4.13. The van der Waals surface area contributed by atoms with Gasteiger partial charge in [0.2, 0.25) is 5.71 Å².